The highest BCUT2D eigenvalue weighted by Gasteiger charge is 2.89. The molecule has 0 unspecified atom stereocenters. The number of fused-ring (bicyclic) bond motifs is 2. The molecule has 0 bridgehead atoms. The Hall–Kier alpha value is 0.484. The fraction of sp³-hybridized carbons (Fsp3) is 0.625. The maximum Gasteiger partial charge on any atom is 0.204 e. The van der Waals surface area contributed by atoms with Gasteiger partial charge >= 0.3 is 0 Å². The summed E-state index contributed by atoms with van der Waals surface area (Å²) in [5, 5.41) is 5.44. The van der Waals surface area contributed by atoms with Crippen LogP contribution >= 0.6 is 30.6 Å². The molecule has 0 radical (unpaired) electrons. The van der Waals surface area contributed by atoms with Crippen LogP contribution in [-0.4, -0.2) is 37.6 Å². The maximum atomic E-state index is 5.15. The summed E-state index contributed by atoms with van der Waals surface area (Å²) in [6.45, 7) is 21.0. The summed E-state index contributed by atoms with van der Waals surface area (Å²) in [6.07, 6.45) is 3.04. The minimum atomic E-state index is -2.21. The van der Waals surface area contributed by atoms with Crippen molar-refractivity contribution in [1.29, 1.82) is 0 Å². The van der Waals surface area contributed by atoms with Gasteiger partial charge in [0, 0.05) is 0 Å². The van der Waals surface area contributed by atoms with E-state index in [1.807, 2.05) is 20.7 Å². The molecule has 2 aromatic rings. The highest BCUT2D eigenvalue weighted by molar-refractivity contribution is 9.51. The Morgan fingerprint density at radius 3 is 0.846 bits per heavy atom. The average Bonchev–Trinajstić information content (AvgIpc) is 3.46. The number of benzene rings is 2. The zero-order valence-corrected chi connectivity index (χ0v) is 34.1. The summed E-state index contributed by atoms with van der Waals surface area (Å²) >= 11 is 10.3. The quantitative estimate of drug-likeness (QED) is 0.188. The molecule has 1 saturated heterocycles. The first-order valence-corrected chi connectivity index (χ1v) is 32.4. The SMILES string of the molecule is CC[Si]1(CC)c2ccccc2[Si](CC)(CC)C12CCC1([Si](CC)(CC)c3ccccc3[Si]1(CC)CC)[Si]2(Br)Br. The molecule has 0 N–H and O–H groups in total. The van der Waals surface area contributed by atoms with Crippen molar-refractivity contribution in [2.75, 3.05) is 0 Å². The third kappa shape index (κ3) is 2.96. The van der Waals surface area contributed by atoms with Gasteiger partial charge in [0.05, 0.1) is 32.3 Å². The smallest absolute Gasteiger partial charge is 0.111 e. The summed E-state index contributed by atoms with van der Waals surface area (Å²) < 4.78 is 1.08. The molecule has 2 aromatic carbocycles. The summed E-state index contributed by atoms with van der Waals surface area (Å²) in [4.78, 5) is 0. The van der Waals surface area contributed by atoms with Crippen molar-refractivity contribution in [3.63, 3.8) is 0 Å². The van der Waals surface area contributed by atoms with E-state index in [4.69, 9.17) is 30.6 Å². The summed E-state index contributed by atoms with van der Waals surface area (Å²) in [5.41, 5.74) is 0. The van der Waals surface area contributed by atoms with E-state index in [2.05, 4.69) is 104 Å². The molecule has 3 aliphatic rings. The first kappa shape index (κ1) is 30.9. The fourth-order valence-electron chi connectivity index (χ4n) is 12.6. The van der Waals surface area contributed by atoms with Crippen LogP contribution in [0.2, 0.25) is 56.9 Å². The van der Waals surface area contributed by atoms with Crippen molar-refractivity contribution in [3.8, 4) is 0 Å². The molecule has 2 spiro atoms. The highest BCUT2D eigenvalue weighted by Crippen LogP contribution is 2.83. The molecule has 0 atom stereocenters. The minimum absolute atomic E-state index is 0.539. The van der Waals surface area contributed by atoms with Crippen molar-refractivity contribution in [2.45, 2.75) is 125 Å². The third-order valence-electron chi connectivity index (χ3n) is 14.0. The number of hydrogen-bond acceptors (Lipinski definition) is 0. The lowest BCUT2D eigenvalue weighted by Crippen LogP contribution is -2.75. The van der Waals surface area contributed by atoms with Gasteiger partial charge in [-0.3, -0.25) is 0 Å². The van der Waals surface area contributed by atoms with Crippen molar-refractivity contribution in [2.24, 2.45) is 0 Å². The zero-order valence-electron chi connectivity index (χ0n) is 25.9. The molecule has 0 nitrogen and oxygen atoms in total. The normalized spacial score (nSPS) is 25.2. The van der Waals surface area contributed by atoms with Gasteiger partial charge in [-0.05, 0) is 8.57 Å². The second-order valence-electron chi connectivity index (χ2n) is 13.1. The molecule has 0 amide bonds. The van der Waals surface area contributed by atoms with E-state index in [9.17, 15) is 0 Å². The lowest BCUT2D eigenvalue weighted by Gasteiger charge is -2.63. The average molecular weight is 737 g/mol. The van der Waals surface area contributed by atoms with Crippen LogP contribution in [0.25, 0.3) is 0 Å². The van der Waals surface area contributed by atoms with E-state index in [1.54, 1.807) is 0 Å². The Bertz CT molecular complexity index is 1050. The number of halogens is 2. The molecule has 3 heterocycles. The maximum absolute atomic E-state index is 5.15. The van der Waals surface area contributed by atoms with Crippen LogP contribution in [0.4, 0.5) is 0 Å². The number of rotatable bonds is 8. The predicted octanol–water partition coefficient (Wildman–Crippen LogP) is 8.86. The number of hydrogen-bond donors (Lipinski definition) is 0. The molecule has 214 valence electrons. The van der Waals surface area contributed by atoms with E-state index < -0.39 is 37.6 Å². The Morgan fingerprint density at radius 2 is 0.667 bits per heavy atom. The van der Waals surface area contributed by atoms with Crippen LogP contribution in [0, 0.1) is 0 Å². The van der Waals surface area contributed by atoms with Crippen molar-refractivity contribution >= 4 is 88.9 Å². The van der Waals surface area contributed by atoms with Crippen molar-refractivity contribution in [3.05, 3.63) is 48.5 Å². The minimum Gasteiger partial charge on any atom is -0.111 e. The largest absolute Gasteiger partial charge is 0.204 e. The molecule has 1 fully saturated rings. The Kier molecular flexibility index (Phi) is 8.16. The van der Waals surface area contributed by atoms with E-state index in [1.165, 1.54) is 61.2 Å². The van der Waals surface area contributed by atoms with Crippen molar-refractivity contribution < 1.29 is 0 Å². The van der Waals surface area contributed by atoms with Crippen LogP contribution in [0.5, 0.6) is 0 Å². The van der Waals surface area contributed by atoms with Gasteiger partial charge in [0.2, 0.25) is 5.31 Å². The molecule has 0 saturated carbocycles. The first-order chi connectivity index (χ1) is 18.6. The highest BCUT2D eigenvalue weighted by atomic mass is 79.9. The van der Waals surface area contributed by atoms with Crippen LogP contribution in [0.1, 0.15) is 68.2 Å². The Morgan fingerprint density at radius 1 is 0.462 bits per heavy atom. The van der Waals surface area contributed by atoms with E-state index >= 15 is 0 Å². The van der Waals surface area contributed by atoms with Crippen LogP contribution in [-0.2, 0) is 0 Å². The Balaban J connectivity index is 1.98. The zero-order chi connectivity index (χ0) is 28.5. The predicted molar refractivity (Wildman–Crippen MR) is 197 cm³/mol. The molecular weight excluding hydrogens is 685 g/mol. The van der Waals surface area contributed by atoms with E-state index in [-0.39, 0.29) is 0 Å². The van der Waals surface area contributed by atoms with Gasteiger partial charge in [0.15, 0.2) is 0 Å². The van der Waals surface area contributed by atoms with Crippen LogP contribution in [0.15, 0.2) is 48.5 Å². The van der Waals surface area contributed by atoms with E-state index in [0.29, 0.717) is 8.57 Å². The molecule has 3 aliphatic heterocycles. The van der Waals surface area contributed by atoms with Gasteiger partial charge in [-0.15, -0.1) is 30.6 Å². The second kappa shape index (κ2) is 10.3. The summed E-state index contributed by atoms with van der Waals surface area (Å²) in [6, 6.07) is 31.6. The molecule has 0 aliphatic carbocycles. The van der Waals surface area contributed by atoms with Gasteiger partial charge in [-0.25, -0.2) is 0 Å². The van der Waals surface area contributed by atoms with Gasteiger partial charge < -0.3 is 0 Å². The van der Waals surface area contributed by atoms with Gasteiger partial charge in [0.1, 0.15) is 0 Å². The van der Waals surface area contributed by atoms with Gasteiger partial charge in [-0.2, -0.15) is 0 Å². The Labute approximate surface area is 260 Å². The summed E-state index contributed by atoms with van der Waals surface area (Å²) in [7, 11) is -7.32. The lowest BCUT2D eigenvalue weighted by atomic mass is 10.4. The van der Waals surface area contributed by atoms with E-state index in [0.717, 1.165) is 0 Å². The van der Waals surface area contributed by atoms with Gasteiger partial charge in [0.25, 0.3) is 0 Å². The lowest BCUT2D eigenvalue weighted by molar-refractivity contribution is 0.753. The van der Waals surface area contributed by atoms with Gasteiger partial charge in [-0.1, -0.05) is 186 Å². The second-order valence-corrected chi connectivity index (χ2v) is 49.2. The standard InChI is InChI=1S/C32H52Br2Si5/c1-9-35(10-2)27-21-17-18-22-28(27)36(11-3,12-4)31(35)25-26-32(39(31,33)34)37(13-5,14-6)29-23-19-20-24-30(29)38(32,15-7)16-8/h17-24H,9-16,25-26H2,1-8H3. The third-order valence-corrected chi connectivity index (χ3v) is 73.1. The molecule has 39 heavy (non-hydrogen) atoms. The molecular formula is C32H52Br2Si5. The summed E-state index contributed by atoms with van der Waals surface area (Å²) in [5.74, 6) is 0. The molecule has 0 aromatic heterocycles. The fourth-order valence-corrected chi connectivity index (χ4v) is 97.7. The van der Waals surface area contributed by atoms with Crippen molar-refractivity contribution in [1.82, 2.24) is 0 Å². The molecule has 7 heteroatoms. The van der Waals surface area contributed by atoms with Crippen LogP contribution in [0.3, 0.4) is 0 Å². The monoisotopic (exact) mass is 734 g/mol. The van der Waals surface area contributed by atoms with Crippen LogP contribution < -0.4 is 20.7 Å². The molecule has 5 rings (SSSR count). The topological polar surface area (TPSA) is 0 Å². The first-order valence-electron chi connectivity index (χ1n) is 16.2.